The highest BCUT2D eigenvalue weighted by Crippen LogP contribution is 2.13. The van der Waals surface area contributed by atoms with Gasteiger partial charge in [0.25, 0.3) is 0 Å². The van der Waals surface area contributed by atoms with Crippen LogP contribution in [0.3, 0.4) is 0 Å². The molecule has 1 fully saturated rings. The van der Waals surface area contributed by atoms with Gasteiger partial charge in [0.2, 0.25) is 11.8 Å². The Hall–Kier alpha value is -0.810. The van der Waals surface area contributed by atoms with Crippen LogP contribution >= 0.6 is 12.4 Å². The summed E-state index contributed by atoms with van der Waals surface area (Å²) in [7, 11) is 0. The number of halogens is 1. The third-order valence-corrected chi connectivity index (χ3v) is 3.39. The summed E-state index contributed by atoms with van der Waals surface area (Å²) in [5.41, 5.74) is -0.470. The van der Waals surface area contributed by atoms with Crippen molar-refractivity contribution in [2.75, 3.05) is 19.6 Å². The lowest BCUT2D eigenvalue weighted by Gasteiger charge is -2.25. The fourth-order valence-corrected chi connectivity index (χ4v) is 1.97. The maximum Gasteiger partial charge on any atom is 0.242 e. The van der Waals surface area contributed by atoms with Gasteiger partial charge >= 0.3 is 0 Å². The molecule has 0 aromatic carbocycles. The van der Waals surface area contributed by atoms with Crippen molar-refractivity contribution in [3.8, 4) is 0 Å². The topological polar surface area (TPSA) is 70.2 Å². The van der Waals surface area contributed by atoms with Gasteiger partial charge in [-0.05, 0) is 38.8 Å². The Labute approximate surface area is 128 Å². The minimum atomic E-state index is -0.483. The van der Waals surface area contributed by atoms with Gasteiger partial charge < -0.3 is 16.0 Å². The first-order valence-electron chi connectivity index (χ1n) is 7.10. The van der Waals surface area contributed by atoms with Crippen molar-refractivity contribution in [1.29, 1.82) is 0 Å². The molecule has 20 heavy (non-hydrogen) atoms. The second-order valence-corrected chi connectivity index (χ2v) is 6.40. The third-order valence-electron chi connectivity index (χ3n) is 3.39. The zero-order chi connectivity index (χ0) is 14.5. The second kappa shape index (κ2) is 8.47. The number of amides is 2. The molecule has 0 spiro atoms. The van der Waals surface area contributed by atoms with Crippen molar-refractivity contribution in [3.63, 3.8) is 0 Å². The molecule has 0 bridgehead atoms. The molecule has 1 rings (SSSR count). The first-order valence-corrected chi connectivity index (χ1v) is 7.10. The summed E-state index contributed by atoms with van der Waals surface area (Å²) in [4.78, 5) is 23.7. The largest absolute Gasteiger partial charge is 0.354 e. The Morgan fingerprint density at radius 2 is 2.00 bits per heavy atom. The maximum absolute atomic E-state index is 11.9. The van der Waals surface area contributed by atoms with Crippen LogP contribution in [0, 0.1) is 11.3 Å². The van der Waals surface area contributed by atoms with Crippen molar-refractivity contribution >= 4 is 24.2 Å². The van der Waals surface area contributed by atoms with Crippen LogP contribution < -0.4 is 16.0 Å². The monoisotopic (exact) mass is 305 g/mol. The number of rotatable bonds is 4. The Morgan fingerprint density at radius 3 is 2.50 bits per heavy atom. The summed E-state index contributed by atoms with van der Waals surface area (Å²) in [5, 5.41) is 8.97. The summed E-state index contributed by atoms with van der Waals surface area (Å²) >= 11 is 0. The Morgan fingerprint density at radius 1 is 1.35 bits per heavy atom. The molecule has 118 valence electrons. The van der Waals surface area contributed by atoms with Gasteiger partial charge in [-0.1, -0.05) is 20.8 Å². The minimum absolute atomic E-state index is 0. The van der Waals surface area contributed by atoms with Gasteiger partial charge in [-0.25, -0.2) is 0 Å². The summed E-state index contributed by atoms with van der Waals surface area (Å²) in [6, 6.07) is -0.483. The van der Waals surface area contributed by atoms with Crippen molar-refractivity contribution in [3.05, 3.63) is 0 Å². The van der Waals surface area contributed by atoms with Crippen LogP contribution in [0.4, 0.5) is 0 Å². The van der Waals surface area contributed by atoms with Gasteiger partial charge in [0.15, 0.2) is 0 Å². The van der Waals surface area contributed by atoms with Crippen LogP contribution in [-0.4, -0.2) is 37.5 Å². The second-order valence-electron chi connectivity index (χ2n) is 6.40. The summed E-state index contributed by atoms with van der Waals surface area (Å²) < 4.78 is 0. The number of hydrogen-bond donors (Lipinski definition) is 3. The molecule has 6 heteroatoms. The van der Waals surface area contributed by atoms with Crippen LogP contribution in [0.1, 0.15) is 40.5 Å². The lowest BCUT2D eigenvalue weighted by atomic mass is 9.95. The van der Waals surface area contributed by atoms with E-state index in [0.717, 1.165) is 25.9 Å². The maximum atomic E-state index is 11.9. The van der Waals surface area contributed by atoms with E-state index in [1.807, 2.05) is 20.8 Å². The molecule has 0 aromatic heterocycles. The summed E-state index contributed by atoms with van der Waals surface area (Å²) in [5.74, 6) is 0.292. The predicted octanol–water partition coefficient (Wildman–Crippen LogP) is 1.07. The molecule has 2 unspecified atom stereocenters. The summed E-state index contributed by atoms with van der Waals surface area (Å²) in [6.07, 6.45) is 2.31. The number of nitrogens with one attached hydrogen (secondary N) is 3. The van der Waals surface area contributed by atoms with E-state index in [-0.39, 0.29) is 24.2 Å². The zero-order valence-electron chi connectivity index (χ0n) is 12.9. The van der Waals surface area contributed by atoms with E-state index in [4.69, 9.17) is 0 Å². The molecule has 2 atom stereocenters. The highest BCUT2D eigenvalue weighted by Gasteiger charge is 2.25. The molecular weight excluding hydrogens is 278 g/mol. The summed E-state index contributed by atoms with van der Waals surface area (Å²) in [6.45, 7) is 9.94. The Bertz CT molecular complexity index is 323. The Balaban J connectivity index is 0.00000361. The fourth-order valence-electron chi connectivity index (χ4n) is 1.97. The molecule has 1 saturated heterocycles. The van der Waals surface area contributed by atoms with Gasteiger partial charge in [-0.3, -0.25) is 9.59 Å². The molecule has 0 aliphatic carbocycles. The van der Waals surface area contributed by atoms with Gasteiger partial charge in [-0.2, -0.15) is 0 Å². The molecule has 1 heterocycles. The number of carbonyl (C=O) groups excluding carboxylic acids is 2. The molecule has 1 aliphatic heterocycles. The normalized spacial score (nSPS) is 20.5. The molecule has 1 aliphatic rings. The zero-order valence-corrected chi connectivity index (χ0v) is 13.7. The van der Waals surface area contributed by atoms with E-state index in [9.17, 15) is 9.59 Å². The molecule has 2 amide bonds. The predicted molar refractivity (Wildman–Crippen MR) is 82.9 cm³/mol. The smallest absolute Gasteiger partial charge is 0.242 e. The standard InChI is InChI=1S/C14H27N3O2.ClH/c1-10(17-13(19)14(2,3)4)12(18)16-9-11-6-5-7-15-8-11;/h10-11,15H,5-9H2,1-4H3,(H,16,18)(H,17,19);1H. The lowest BCUT2D eigenvalue weighted by molar-refractivity contribution is -0.133. The van der Waals surface area contributed by atoms with E-state index in [0.29, 0.717) is 12.5 Å². The van der Waals surface area contributed by atoms with E-state index in [1.54, 1.807) is 6.92 Å². The SMILES string of the molecule is CC(NC(=O)C(C)(C)C)C(=O)NCC1CCCNC1.Cl. The molecule has 0 radical (unpaired) electrons. The number of piperidine rings is 1. The first kappa shape index (κ1) is 19.2. The average molecular weight is 306 g/mol. The minimum Gasteiger partial charge on any atom is -0.354 e. The highest BCUT2D eigenvalue weighted by atomic mass is 35.5. The van der Waals surface area contributed by atoms with Crippen LogP contribution in [0.25, 0.3) is 0 Å². The van der Waals surface area contributed by atoms with E-state index < -0.39 is 11.5 Å². The van der Waals surface area contributed by atoms with Crippen LogP contribution in [-0.2, 0) is 9.59 Å². The molecule has 3 N–H and O–H groups in total. The molecule has 5 nitrogen and oxygen atoms in total. The van der Waals surface area contributed by atoms with Gasteiger partial charge in [0, 0.05) is 12.0 Å². The van der Waals surface area contributed by atoms with Gasteiger partial charge in [0.05, 0.1) is 0 Å². The van der Waals surface area contributed by atoms with Crippen molar-refractivity contribution < 1.29 is 9.59 Å². The van der Waals surface area contributed by atoms with Crippen LogP contribution in [0.5, 0.6) is 0 Å². The lowest BCUT2D eigenvalue weighted by Crippen LogP contribution is -2.49. The van der Waals surface area contributed by atoms with Crippen molar-refractivity contribution in [2.24, 2.45) is 11.3 Å². The molecular formula is C14H28ClN3O2. The third kappa shape index (κ3) is 6.57. The number of carbonyl (C=O) groups is 2. The van der Waals surface area contributed by atoms with E-state index in [2.05, 4.69) is 16.0 Å². The quantitative estimate of drug-likeness (QED) is 0.728. The van der Waals surface area contributed by atoms with Crippen LogP contribution in [0.2, 0.25) is 0 Å². The first-order chi connectivity index (χ1) is 8.80. The van der Waals surface area contributed by atoms with Crippen LogP contribution in [0.15, 0.2) is 0 Å². The van der Waals surface area contributed by atoms with E-state index >= 15 is 0 Å². The van der Waals surface area contributed by atoms with Crippen molar-refractivity contribution in [1.82, 2.24) is 16.0 Å². The average Bonchev–Trinajstić information content (AvgIpc) is 2.35. The highest BCUT2D eigenvalue weighted by molar-refractivity contribution is 5.89. The van der Waals surface area contributed by atoms with E-state index in [1.165, 1.54) is 0 Å². The molecule has 0 saturated carbocycles. The fraction of sp³-hybridized carbons (Fsp3) is 0.857. The Kier molecular flexibility index (Phi) is 8.13. The molecule has 0 aromatic rings. The van der Waals surface area contributed by atoms with Gasteiger partial charge in [0.1, 0.15) is 6.04 Å². The van der Waals surface area contributed by atoms with Crippen molar-refractivity contribution in [2.45, 2.75) is 46.6 Å². The number of hydrogen-bond acceptors (Lipinski definition) is 3. The van der Waals surface area contributed by atoms with Gasteiger partial charge in [-0.15, -0.1) is 12.4 Å².